The van der Waals surface area contributed by atoms with E-state index in [-0.39, 0.29) is 6.10 Å². The van der Waals surface area contributed by atoms with E-state index in [0.29, 0.717) is 18.5 Å². The summed E-state index contributed by atoms with van der Waals surface area (Å²) >= 11 is 3.47. The van der Waals surface area contributed by atoms with E-state index in [0.717, 1.165) is 24.3 Å². The lowest BCUT2D eigenvalue weighted by Crippen LogP contribution is -2.49. The Bertz CT molecular complexity index is 389. The number of halogens is 1. The van der Waals surface area contributed by atoms with Crippen molar-refractivity contribution in [2.75, 3.05) is 30.0 Å². The summed E-state index contributed by atoms with van der Waals surface area (Å²) in [5.41, 5.74) is 0. The molecule has 0 aromatic carbocycles. The minimum atomic E-state index is 0.221. The van der Waals surface area contributed by atoms with Crippen LogP contribution in [0.15, 0.2) is 18.2 Å². The first-order valence-corrected chi connectivity index (χ1v) is 7.40. The maximum atomic E-state index is 5.72. The standard InChI is InChI=1S/C13H19BrN2O2/c1-3-17-13-6-4-5-12(15-13)16-8-11(7-14)18-9-10(16)2/h4-6,10-11H,3,7-9H2,1-2H3. The van der Waals surface area contributed by atoms with Gasteiger partial charge in [-0.15, -0.1) is 0 Å². The number of ether oxygens (including phenoxy) is 2. The van der Waals surface area contributed by atoms with Crippen LogP contribution in [0.5, 0.6) is 5.88 Å². The second kappa shape index (κ2) is 6.38. The van der Waals surface area contributed by atoms with Gasteiger partial charge in [0.1, 0.15) is 5.82 Å². The fraction of sp³-hybridized carbons (Fsp3) is 0.615. The molecule has 2 rings (SSSR count). The van der Waals surface area contributed by atoms with Gasteiger partial charge in [-0.05, 0) is 19.9 Å². The van der Waals surface area contributed by atoms with Gasteiger partial charge in [-0.25, -0.2) is 0 Å². The third kappa shape index (κ3) is 3.14. The molecule has 0 aliphatic carbocycles. The van der Waals surface area contributed by atoms with Crippen molar-refractivity contribution in [2.24, 2.45) is 0 Å². The Morgan fingerprint density at radius 1 is 1.56 bits per heavy atom. The summed E-state index contributed by atoms with van der Waals surface area (Å²) in [5.74, 6) is 1.65. The monoisotopic (exact) mass is 314 g/mol. The number of aromatic nitrogens is 1. The third-order valence-electron chi connectivity index (χ3n) is 2.97. The maximum absolute atomic E-state index is 5.72. The number of hydrogen-bond donors (Lipinski definition) is 0. The summed E-state index contributed by atoms with van der Waals surface area (Å²) in [6, 6.07) is 6.23. The highest BCUT2D eigenvalue weighted by Gasteiger charge is 2.26. The van der Waals surface area contributed by atoms with E-state index in [9.17, 15) is 0 Å². The van der Waals surface area contributed by atoms with Crippen LogP contribution < -0.4 is 9.64 Å². The second-order valence-corrected chi connectivity index (χ2v) is 5.03. The lowest BCUT2D eigenvalue weighted by atomic mass is 10.2. The molecule has 2 atom stereocenters. The van der Waals surface area contributed by atoms with Gasteiger partial charge in [-0.2, -0.15) is 4.98 Å². The Balaban J connectivity index is 2.15. The van der Waals surface area contributed by atoms with E-state index in [1.54, 1.807) is 0 Å². The van der Waals surface area contributed by atoms with Crippen molar-refractivity contribution in [3.63, 3.8) is 0 Å². The van der Waals surface area contributed by atoms with Gasteiger partial charge >= 0.3 is 0 Å². The Hall–Kier alpha value is -0.810. The Labute approximate surface area is 116 Å². The number of anilines is 1. The quantitative estimate of drug-likeness (QED) is 0.800. The first kappa shape index (κ1) is 13.6. The molecule has 0 bridgehead atoms. The zero-order valence-corrected chi connectivity index (χ0v) is 12.4. The molecule has 1 saturated heterocycles. The summed E-state index contributed by atoms with van der Waals surface area (Å²) in [7, 11) is 0. The Morgan fingerprint density at radius 2 is 2.39 bits per heavy atom. The average Bonchev–Trinajstić information content (AvgIpc) is 2.40. The SMILES string of the molecule is CCOc1cccc(N2CC(CBr)OCC2C)n1. The molecule has 0 spiro atoms. The van der Waals surface area contributed by atoms with Crippen LogP contribution in [0.4, 0.5) is 5.82 Å². The maximum Gasteiger partial charge on any atom is 0.215 e. The molecular formula is C13H19BrN2O2. The van der Waals surface area contributed by atoms with Crippen molar-refractivity contribution in [3.05, 3.63) is 18.2 Å². The minimum Gasteiger partial charge on any atom is -0.478 e. The molecule has 5 heteroatoms. The van der Waals surface area contributed by atoms with Crippen molar-refractivity contribution in [2.45, 2.75) is 26.0 Å². The summed E-state index contributed by atoms with van der Waals surface area (Å²) in [4.78, 5) is 6.81. The van der Waals surface area contributed by atoms with E-state index in [1.807, 2.05) is 25.1 Å². The predicted molar refractivity (Wildman–Crippen MR) is 75.7 cm³/mol. The van der Waals surface area contributed by atoms with Gasteiger partial charge in [-0.1, -0.05) is 22.0 Å². The molecule has 1 fully saturated rings. The predicted octanol–water partition coefficient (Wildman–Crippen LogP) is 2.47. The van der Waals surface area contributed by atoms with E-state index >= 15 is 0 Å². The highest BCUT2D eigenvalue weighted by Crippen LogP contribution is 2.22. The minimum absolute atomic E-state index is 0.221. The fourth-order valence-corrected chi connectivity index (χ4v) is 2.41. The van der Waals surface area contributed by atoms with Crippen LogP contribution in [0.2, 0.25) is 0 Å². The van der Waals surface area contributed by atoms with Gasteiger partial charge in [0, 0.05) is 17.9 Å². The molecule has 1 aromatic rings. The normalized spacial score (nSPS) is 24.1. The zero-order valence-electron chi connectivity index (χ0n) is 10.8. The zero-order chi connectivity index (χ0) is 13.0. The molecule has 1 aliphatic rings. The molecule has 1 aromatic heterocycles. The van der Waals surface area contributed by atoms with Gasteiger partial charge in [0.2, 0.25) is 5.88 Å². The number of morpholine rings is 1. The number of hydrogen-bond acceptors (Lipinski definition) is 4. The average molecular weight is 315 g/mol. The highest BCUT2D eigenvalue weighted by molar-refractivity contribution is 9.09. The summed E-state index contributed by atoms with van der Waals surface area (Å²) < 4.78 is 11.2. The van der Waals surface area contributed by atoms with Crippen LogP contribution in [0.3, 0.4) is 0 Å². The molecule has 0 radical (unpaired) electrons. The van der Waals surface area contributed by atoms with E-state index in [2.05, 4.69) is 32.7 Å². The van der Waals surface area contributed by atoms with Gasteiger partial charge < -0.3 is 14.4 Å². The molecule has 0 amide bonds. The molecule has 2 heterocycles. The first-order chi connectivity index (χ1) is 8.74. The smallest absolute Gasteiger partial charge is 0.215 e. The van der Waals surface area contributed by atoms with Gasteiger partial charge in [-0.3, -0.25) is 0 Å². The van der Waals surface area contributed by atoms with Crippen LogP contribution in [0.1, 0.15) is 13.8 Å². The van der Waals surface area contributed by atoms with Crippen molar-refractivity contribution in [1.82, 2.24) is 4.98 Å². The van der Waals surface area contributed by atoms with Crippen molar-refractivity contribution >= 4 is 21.7 Å². The molecule has 18 heavy (non-hydrogen) atoms. The summed E-state index contributed by atoms with van der Waals surface area (Å²) in [5, 5.41) is 0.849. The lowest BCUT2D eigenvalue weighted by molar-refractivity contribution is 0.0376. The van der Waals surface area contributed by atoms with E-state index < -0.39 is 0 Å². The van der Waals surface area contributed by atoms with E-state index in [4.69, 9.17) is 9.47 Å². The van der Waals surface area contributed by atoms with Crippen LogP contribution >= 0.6 is 15.9 Å². The molecule has 0 N–H and O–H groups in total. The van der Waals surface area contributed by atoms with Crippen LogP contribution in [0, 0.1) is 0 Å². The first-order valence-electron chi connectivity index (χ1n) is 6.28. The summed E-state index contributed by atoms with van der Waals surface area (Å²) in [6.07, 6.45) is 0.221. The molecule has 100 valence electrons. The van der Waals surface area contributed by atoms with Gasteiger partial charge in [0.15, 0.2) is 0 Å². The molecular weight excluding hydrogens is 296 g/mol. The van der Waals surface area contributed by atoms with Crippen molar-refractivity contribution in [3.8, 4) is 5.88 Å². The van der Waals surface area contributed by atoms with Gasteiger partial charge in [0.25, 0.3) is 0 Å². The van der Waals surface area contributed by atoms with Crippen molar-refractivity contribution < 1.29 is 9.47 Å². The largest absolute Gasteiger partial charge is 0.478 e. The molecule has 4 nitrogen and oxygen atoms in total. The van der Waals surface area contributed by atoms with E-state index in [1.165, 1.54) is 0 Å². The number of rotatable bonds is 4. The number of pyridine rings is 1. The van der Waals surface area contributed by atoms with Crippen molar-refractivity contribution in [1.29, 1.82) is 0 Å². The number of alkyl halides is 1. The third-order valence-corrected chi connectivity index (χ3v) is 3.70. The second-order valence-electron chi connectivity index (χ2n) is 4.38. The van der Waals surface area contributed by atoms with Crippen LogP contribution in [-0.4, -0.2) is 42.2 Å². The van der Waals surface area contributed by atoms with Crippen LogP contribution in [-0.2, 0) is 4.74 Å². The summed E-state index contributed by atoms with van der Waals surface area (Å²) in [6.45, 7) is 6.34. The molecule has 0 saturated carbocycles. The Kier molecular flexibility index (Phi) is 4.83. The van der Waals surface area contributed by atoms with Crippen LogP contribution in [0.25, 0.3) is 0 Å². The topological polar surface area (TPSA) is 34.6 Å². The Morgan fingerprint density at radius 3 is 3.11 bits per heavy atom. The highest BCUT2D eigenvalue weighted by atomic mass is 79.9. The number of nitrogens with zero attached hydrogens (tertiary/aromatic N) is 2. The molecule has 2 unspecified atom stereocenters. The molecule has 1 aliphatic heterocycles. The fourth-order valence-electron chi connectivity index (χ4n) is 2.02. The van der Waals surface area contributed by atoms with Gasteiger partial charge in [0.05, 0.1) is 25.4 Å². The lowest BCUT2D eigenvalue weighted by Gasteiger charge is -2.38.